The van der Waals surface area contributed by atoms with Gasteiger partial charge in [0.1, 0.15) is 5.58 Å². The van der Waals surface area contributed by atoms with E-state index in [0.717, 1.165) is 12.1 Å². The number of alkyl halides is 3. The highest BCUT2D eigenvalue weighted by Gasteiger charge is 2.30. The van der Waals surface area contributed by atoms with Crippen LogP contribution in [0.25, 0.3) is 11.0 Å². The van der Waals surface area contributed by atoms with Crippen LogP contribution in [0, 0.1) is 0 Å². The Kier molecular flexibility index (Phi) is 4.02. The molecule has 0 spiro atoms. The normalized spacial score (nSPS) is 11.1. The summed E-state index contributed by atoms with van der Waals surface area (Å²) in [5, 5.41) is 0.643. The quantitative estimate of drug-likeness (QED) is 0.647. The van der Waals surface area contributed by atoms with Crippen molar-refractivity contribution in [1.29, 1.82) is 0 Å². The fourth-order valence-corrected chi connectivity index (χ4v) is 1.60. The third-order valence-electron chi connectivity index (χ3n) is 1.82. The van der Waals surface area contributed by atoms with Crippen molar-refractivity contribution in [2.45, 2.75) is 20.0 Å². The number of fused-ring (bicyclic) bond motifs is 1. The van der Waals surface area contributed by atoms with Crippen LogP contribution in [0.3, 0.4) is 0 Å². The Morgan fingerprint density at radius 1 is 1.12 bits per heavy atom. The molecule has 1 nitrogen and oxygen atoms in total. The van der Waals surface area contributed by atoms with Crippen molar-refractivity contribution in [2.24, 2.45) is 0 Å². The molecule has 0 atom stereocenters. The lowest BCUT2D eigenvalue weighted by Crippen LogP contribution is -2.03. The molecule has 0 aliphatic heterocycles. The molecule has 1 heterocycles. The van der Waals surface area contributed by atoms with Crippen molar-refractivity contribution >= 4 is 26.9 Å². The molecule has 0 aliphatic rings. The highest BCUT2D eigenvalue weighted by molar-refractivity contribution is 9.10. The SMILES string of the molecule is CC.FC(F)(F)c1ccc2cc(Br)oc2c1. The van der Waals surface area contributed by atoms with Crippen molar-refractivity contribution in [3.63, 3.8) is 0 Å². The van der Waals surface area contributed by atoms with Crippen molar-refractivity contribution in [1.82, 2.24) is 0 Å². The molecule has 0 saturated heterocycles. The van der Waals surface area contributed by atoms with Crippen LogP contribution < -0.4 is 0 Å². The van der Waals surface area contributed by atoms with Gasteiger partial charge in [0.05, 0.1) is 5.56 Å². The molecule has 0 unspecified atom stereocenters. The van der Waals surface area contributed by atoms with E-state index in [9.17, 15) is 13.2 Å². The van der Waals surface area contributed by atoms with E-state index in [1.807, 2.05) is 13.8 Å². The minimum absolute atomic E-state index is 0.228. The number of benzene rings is 1. The summed E-state index contributed by atoms with van der Waals surface area (Å²) in [5.41, 5.74) is -0.474. The van der Waals surface area contributed by atoms with Gasteiger partial charge in [-0.2, -0.15) is 13.2 Å². The van der Waals surface area contributed by atoms with Gasteiger partial charge < -0.3 is 4.42 Å². The molecule has 0 bridgehead atoms. The lowest BCUT2D eigenvalue weighted by molar-refractivity contribution is -0.137. The first kappa shape index (κ1) is 13.1. The minimum Gasteiger partial charge on any atom is -0.449 e. The lowest BCUT2D eigenvalue weighted by Gasteiger charge is -2.04. The van der Waals surface area contributed by atoms with Crippen LogP contribution in [0.4, 0.5) is 13.2 Å². The van der Waals surface area contributed by atoms with Gasteiger partial charge in [-0.3, -0.25) is 0 Å². The van der Waals surface area contributed by atoms with Crippen LogP contribution in [-0.2, 0) is 6.18 Å². The zero-order valence-corrected chi connectivity index (χ0v) is 10.3. The van der Waals surface area contributed by atoms with Gasteiger partial charge in [-0.05, 0) is 34.1 Å². The first-order valence-corrected chi connectivity index (χ1v) is 5.52. The molecule has 0 fully saturated rings. The van der Waals surface area contributed by atoms with Crippen molar-refractivity contribution in [2.75, 3.05) is 0 Å². The van der Waals surface area contributed by atoms with Crippen LogP contribution in [0.15, 0.2) is 33.4 Å². The number of halogens is 4. The Morgan fingerprint density at radius 2 is 1.75 bits per heavy atom. The van der Waals surface area contributed by atoms with E-state index < -0.39 is 11.7 Å². The van der Waals surface area contributed by atoms with Gasteiger partial charge in [0.15, 0.2) is 4.67 Å². The molecule has 16 heavy (non-hydrogen) atoms. The fraction of sp³-hybridized carbons (Fsp3) is 0.273. The van der Waals surface area contributed by atoms with Gasteiger partial charge in [0.2, 0.25) is 0 Å². The summed E-state index contributed by atoms with van der Waals surface area (Å²) in [6.07, 6.45) is -4.33. The molecule has 0 radical (unpaired) electrons. The van der Waals surface area contributed by atoms with E-state index in [1.165, 1.54) is 6.07 Å². The molecular weight excluding hydrogens is 285 g/mol. The lowest BCUT2D eigenvalue weighted by atomic mass is 10.2. The second-order valence-electron chi connectivity index (χ2n) is 2.80. The molecule has 88 valence electrons. The first-order valence-electron chi connectivity index (χ1n) is 4.73. The number of furan rings is 1. The van der Waals surface area contributed by atoms with Gasteiger partial charge in [0, 0.05) is 5.39 Å². The second kappa shape index (κ2) is 4.91. The summed E-state index contributed by atoms with van der Waals surface area (Å²) in [7, 11) is 0. The number of hydrogen-bond donors (Lipinski definition) is 0. The zero-order valence-electron chi connectivity index (χ0n) is 8.73. The predicted molar refractivity (Wildman–Crippen MR) is 60.3 cm³/mol. The summed E-state index contributed by atoms with van der Waals surface area (Å²) in [6, 6.07) is 5.02. The average Bonchev–Trinajstić information content (AvgIpc) is 2.58. The fourth-order valence-electron chi connectivity index (χ4n) is 1.18. The smallest absolute Gasteiger partial charge is 0.416 e. The van der Waals surface area contributed by atoms with Gasteiger partial charge in [0.25, 0.3) is 0 Å². The summed E-state index contributed by atoms with van der Waals surface area (Å²) in [4.78, 5) is 0. The van der Waals surface area contributed by atoms with Gasteiger partial charge in [-0.15, -0.1) is 0 Å². The van der Waals surface area contributed by atoms with E-state index in [-0.39, 0.29) is 5.58 Å². The van der Waals surface area contributed by atoms with E-state index in [4.69, 9.17) is 4.42 Å². The van der Waals surface area contributed by atoms with Crippen LogP contribution in [0.2, 0.25) is 0 Å². The maximum absolute atomic E-state index is 12.3. The third kappa shape index (κ3) is 2.78. The van der Waals surface area contributed by atoms with Gasteiger partial charge in [-0.25, -0.2) is 0 Å². The summed E-state index contributed by atoms with van der Waals surface area (Å²) < 4.78 is 42.3. The average molecular weight is 295 g/mol. The van der Waals surface area contributed by atoms with Gasteiger partial charge >= 0.3 is 6.18 Å². The van der Waals surface area contributed by atoms with Crippen LogP contribution in [-0.4, -0.2) is 0 Å². The molecule has 0 amide bonds. The van der Waals surface area contributed by atoms with Crippen molar-refractivity contribution in [3.05, 3.63) is 34.5 Å². The Hall–Kier alpha value is -0.970. The molecule has 0 saturated carbocycles. The van der Waals surface area contributed by atoms with Crippen LogP contribution >= 0.6 is 15.9 Å². The number of hydrogen-bond acceptors (Lipinski definition) is 1. The van der Waals surface area contributed by atoms with Crippen molar-refractivity contribution in [3.8, 4) is 0 Å². The minimum atomic E-state index is -4.33. The standard InChI is InChI=1S/C9H4BrF3O.C2H6/c10-8-3-5-1-2-6(9(11,12)13)4-7(5)14-8;1-2/h1-4H;1-2H3. The molecule has 2 aromatic rings. The second-order valence-corrected chi connectivity index (χ2v) is 3.58. The van der Waals surface area contributed by atoms with E-state index >= 15 is 0 Å². The largest absolute Gasteiger partial charge is 0.449 e. The maximum atomic E-state index is 12.3. The van der Waals surface area contributed by atoms with E-state index in [2.05, 4.69) is 15.9 Å². The predicted octanol–water partition coefficient (Wildman–Crippen LogP) is 5.24. The van der Waals surface area contributed by atoms with Gasteiger partial charge in [-0.1, -0.05) is 19.9 Å². The van der Waals surface area contributed by atoms with Crippen molar-refractivity contribution < 1.29 is 17.6 Å². The number of rotatable bonds is 0. The summed E-state index contributed by atoms with van der Waals surface area (Å²) in [5.74, 6) is 0. The zero-order chi connectivity index (χ0) is 12.3. The molecule has 5 heteroatoms. The molecule has 0 N–H and O–H groups in total. The molecule has 0 aliphatic carbocycles. The molecule has 2 rings (SSSR count). The molecule has 1 aromatic carbocycles. The monoisotopic (exact) mass is 294 g/mol. The highest BCUT2D eigenvalue weighted by atomic mass is 79.9. The Morgan fingerprint density at radius 3 is 2.31 bits per heavy atom. The Balaban J connectivity index is 0.000000606. The first-order chi connectivity index (χ1) is 7.47. The summed E-state index contributed by atoms with van der Waals surface area (Å²) >= 11 is 3.05. The van der Waals surface area contributed by atoms with E-state index in [1.54, 1.807) is 6.07 Å². The van der Waals surface area contributed by atoms with Crippen LogP contribution in [0.5, 0.6) is 0 Å². The highest BCUT2D eigenvalue weighted by Crippen LogP contribution is 2.33. The Bertz CT molecular complexity index is 474. The van der Waals surface area contributed by atoms with Crippen LogP contribution in [0.1, 0.15) is 19.4 Å². The summed E-state index contributed by atoms with van der Waals surface area (Å²) in [6.45, 7) is 4.00. The molecular formula is C11H10BrF3O. The Labute approximate surface area is 99.4 Å². The van der Waals surface area contributed by atoms with E-state index in [0.29, 0.717) is 10.1 Å². The maximum Gasteiger partial charge on any atom is 0.416 e. The topological polar surface area (TPSA) is 13.1 Å². The third-order valence-corrected chi connectivity index (χ3v) is 2.21. The molecule has 1 aromatic heterocycles.